The molecule has 0 saturated heterocycles. The third-order valence-corrected chi connectivity index (χ3v) is 5.76. The van der Waals surface area contributed by atoms with Crippen molar-refractivity contribution in [2.75, 3.05) is 13.7 Å². The highest BCUT2D eigenvalue weighted by Crippen LogP contribution is 2.31. The normalized spacial score (nSPS) is 11.1. The van der Waals surface area contributed by atoms with Crippen molar-refractivity contribution in [2.45, 2.75) is 20.0 Å². The van der Waals surface area contributed by atoms with E-state index in [1.807, 2.05) is 54.3 Å². The van der Waals surface area contributed by atoms with Crippen molar-refractivity contribution in [2.24, 2.45) is 0 Å². The fourth-order valence-electron chi connectivity index (χ4n) is 3.80. The maximum absolute atomic E-state index is 13.2. The van der Waals surface area contributed by atoms with Crippen LogP contribution in [-0.4, -0.2) is 29.0 Å². The minimum atomic E-state index is 0.0980. The molecule has 29 heavy (non-hydrogen) atoms. The standard InChI is InChI=1S/C24H23BrN2O2/c1-3-26(15-17-7-6-8-19(13-17)29-2)24(28)16-27-22-10-5-4-9-20(22)21-14-18(25)11-12-23(21)27/h4-14H,3,15-16H2,1-2H3. The molecule has 0 saturated carbocycles. The van der Waals surface area contributed by atoms with Crippen molar-refractivity contribution < 1.29 is 9.53 Å². The van der Waals surface area contributed by atoms with Gasteiger partial charge in [0.2, 0.25) is 5.91 Å². The Morgan fingerprint density at radius 2 is 1.79 bits per heavy atom. The molecule has 4 rings (SSSR count). The zero-order valence-electron chi connectivity index (χ0n) is 16.6. The first-order chi connectivity index (χ1) is 14.1. The first-order valence-electron chi connectivity index (χ1n) is 9.68. The smallest absolute Gasteiger partial charge is 0.242 e. The highest BCUT2D eigenvalue weighted by molar-refractivity contribution is 9.10. The van der Waals surface area contributed by atoms with Crippen molar-refractivity contribution in [1.82, 2.24) is 9.47 Å². The molecule has 0 aliphatic heterocycles. The van der Waals surface area contributed by atoms with E-state index in [1.165, 1.54) is 0 Å². The molecule has 0 radical (unpaired) electrons. The van der Waals surface area contributed by atoms with Gasteiger partial charge in [0.25, 0.3) is 0 Å². The van der Waals surface area contributed by atoms with Crippen LogP contribution in [0.25, 0.3) is 21.8 Å². The highest BCUT2D eigenvalue weighted by atomic mass is 79.9. The van der Waals surface area contributed by atoms with Gasteiger partial charge in [-0.1, -0.05) is 46.3 Å². The minimum Gasteiger partial charge on any atom is -0.497 e. The van der Waals surface area contributed by atoms with E-state index in [-0.39, 0.29) is 5.91 Å². The molecule has 0 atom stereocenters. The molecule has 0 aliphatic rings. The second-order valence-electron chi connectivity index (χ2n) is 7.02. The average molecular weight is 451 g/mol. The Balaban J connectivity index is 1.66. The van der Waals surface area contributed by atoms with Crippen LogP contribution in [-0.2, 0) is 17.9 Å². The molecule has 1 heterocycles. The molecule has 0 bridgehead atoms. The van der Waals surface area contributed by atoms with Crippen molar-refractivity contribution in [3.05, 3.63) is 76.8 Å². The lowest BCUT2D eigenvalue weighted by Gasteiger charge is -2.22. The molecule has 0 unspecified atom stereocenters. The number of methoxy groups -OCH3 is 1. The van der Waals surface area contributed by atoms with Crippen molar-refractivity contribution >= 4 is 43.6 Å². The fraction of sp³-hybridized carbons (Fsp3) is 0.208. The van der Waals surface area contributed by atoms with E-state index in [2.05, 4.69) is 44.8 Å². The summed E-state index contributed by atoms with van der Waals surface area (Å²) in [5, 5.41) is 2.31. The van der Waals surface area contributed by atoms with Gasteiger partial charge in [-0.25, -0.2) is 0 Å². The van der Waals surface area contributed by atoms with Gasteiger partial charge in [0, 0.05) is 39.4 Å². The molecule has 0 spiro atoms. The maximum Gasteiger partial charge on any atom is 0.242 e. The molecule has 3 aromatic carbocycles. The number of ether oxygens (including phenoxy) is 1. The van der Waals surface area contributed by atoms with E-state index in [0.717, 1.165) is 37.6 Å². The number of hydrogen-bond donors (Lipinski definition) is 0. The monoisotopic (exact) mass is 450 g/mol. The number of carbonyl (C=O) groups excluding carboxylic acids is 1. The number of carbonyl (C=O) groups is 1. The number of halogens is 1. The van der Waals surface area contributed by atoms with Crippen LogP contribution in [0.5, 0.6) is 5.75 Å². The van der Waals surface area contributed by atoms with Crippen LogP contribution in [0, 0.1) is 0 Å². The average Bonchev–Trinajstić information content (AvgIpc) is 3.05. The van der Waals surface area contributed by atoms with Gasteiger partial charge in [0.15, 0.2) is 0 Å². The van der Waals surface area contributed by atoms with Crippen LogP contribution in [0.2, 0.25) is 0 Å². The number of rotatable bonds is 6. The van der Waals surface area contributed by atoms with Crippen molar-refractivity contribution in [3.63, 3.8) is 0 Å². The van der Waals surface area contributed by atoms with Gasteiger partial charge in [-0.05, 0) is 48.9 Å². The Morgan fingerprint density at radius 3 is 2.59 bits per heavy atom. The van der Waals surface area contributed by atoms with Gasteiger partial charge in [-0.2, -0.15) is 0 Å². The van der Waals surface area contributed by atoms with E-state index in [1.54, 1.807) is 7.11 Å². The summed E-state index contributed by atoms with van der Waals surface area (Å²) in [5.74, 6) is 0.903. The molecule has 0 N–H and O–H groups in total. The Hall–Kier alpha value is -2.79. The van der Waals surface area contributed by atoms with E-state index in [9.17, 15) is 4.79 Å². The summed E-state index contributed by atoms with van der Waals surface area (Å²) < 4.78 is 8.46. The van der Waals surface area contributed by atoms with Crippen LogP contribution < -0.4 is 4.74 Å². The molecule has 4 nitrogen and oxygen atoms in total. The summed E-state index contributed by atoms with van der Waals surface area (Å²) in [4.78, 5) is 15.1. The van der Waals surface area contributed by atoms with Crippen LogP contribution in [0.15, 0.2) is 71.2 Å². The molecule has 1 amide bonds. The minimum absolute atomic E-state index is 0.0980. The summed E-state index contributed by atoms with van der Waals surface area (Å²) in [6.07, 6.45) is 0. The third kappa shape index (κ3) is 3.87. The van der Waals surface area contributed by atoms with E-state index in [0.29, 0.717) is 19.6 Å². The van der Waals surface area contributed by atoms with Crippen LogP contribution >= 0.6 is 15.9 Å². The lowest BCUT2D eigenvalue weighted by molar-refractivity contribution is -0.132. The van der Waals surface area contributed by atoms with Gasteiger partial charge < -0.3 is 14.2 Å². The maximum atomic E-state index is 13.2. The molecular weight excluding hydrogens is 428 g/mol. The fourth-order valence-corrected chi connectivity index (χ4v) is 4.16. The van der Waals surface area contributed by atoms with Crippen molar-refractivity contribution in [1.29, 1.82) is 0 Å². The van der Waals surface area contributed by atoms with Gasteiger partial charge >= 0.3 is 0 Å². The molecule has 4 aromatic rings. The summed E-state index contributed by atoms with van der Waals surface area (Å²) in [6, 6.07) is 22.3. The summed E-state index contributed by atoms with van der Waals surface area (Å²) >= 11 is 3.57. The lowest BCUT2D eigenvalue weighted by Crippen LogP contribution is -2.33. The topological polar surface area (TPSA) is 34.5 Å². The number of para-hydroxylation sites is 1. The number of aromatic nitrogens is 1. The second kappa shape index (κ2) is 8.29. The van der Waals surface area contributed by atoms with E-state index in [4.69, 9.17) is 4.74 Å². The van der Waals surface area contributed by atoms with E-state index < -0.39 is 0 Å². The van der Waals surface area contributed by atoms with Crippen LogP contribution in [0.3, 0.4) is 0 Å². The largest absolute Gasteiger partial charge is 0.497 e. The van der Waals surface area contributed by atoms with E-state index >= 15 is 0 Å². The first-order valence-corrected chi connectivity index (χ1v) is 10.5. The van der Waals surface area contributed by atoms with Gasteiger partial charge in [0.1, 0.15) is 12.3 Å². The zero-order chi connectivity index (χ0) is 20.4. The highest BCUT2D eigenvalue weighted by Gasteiger charge is 2.17. The van der Waals surface area contributed by atoms with Gasteiger partial charge in [-0.3, -0.25) is 4.79 Å². The predicted molar refractivity (Wildman–Crippen MR) is 121 cm³/mol. The van der Waals surface area contributed by atoms with Crippen molar-refractivity contribution in [3.8, 4) is 5.75 Å². The number of hydrogen-bond acceptors (Lipinski definition) is 2. The molecule has 5 heteroatoms. The Labute approximate surface area is 178 Å². The molecule has 1 aromatic heterocycles. The molecule has 0 aliphatic carbocycles. The van der Waals surface area contributed by atoms with Crippen LogP contribution in [0.1, 0.15) is 12.5 Å². The van der Waals surface area contributed by atoms with Crippen LogP contribution in [0.4, 0.5) is 0 Å². The third-order valence-electron chi connectivity index (χ3n) is 5.27. The molecular formula is C24H23BrN2O2. The number of nitrogens with zero attached hydrogens (tertiary/aromatic N) is 2. The number of fused-ring (bicyclic) bond motifs is 3. The number of likely N-dealkylation sites (N-methyl/N-ethyl adjacent to an activating group) is 1. The molecule has 148 valence electrons. The predicted octanol–water partition coefficient (Wildman–Crippen LogP) is 5.61. The Morgan fingerprint density at radius 1 is 1.00 bits per heavy atom. The number of benzene rings is 3. The first kappa shape index (κ1) is 19.5. The van der Waals surface area contributed by atoms with Gasteiger partial charge in [0.05, 0.1) is 7.11 Å². The quantitative estimate of drug-likeness (QED) is 0.382. The summed E-state index contributed by atoms with van der Waals surface area (Å²) in [5.41, 5.74) is 3.21. The molecule has 0 fully saturated rings. The second-order valence-corrected chi connectivity index (χ2v) is 7.94. The Kier molecular flexibility index (Phi) is 5.58. The van der Waals surface area contributed by atoms with Gasteiger partial charge in [-0.15, -0.1) is 0 Å². The SMILES string of the molecule is CCN(Cc1cccc(OC)c1)C(=O)Cn1c2ccccc2c2cc(Br)ccc21. The Bertz CT molecular complexity index is 1180. The summed E-state index contributed by atoms with van der Waals surface area (Å²) in [7, 11) is 1.66. The number of amides is 1. The lowest BCUT2D eigenvalue weighted by atomic mass is 10.2. The summed E-state index contributed by atoms with van der Waals surface area (Å²) in [6.45, 7) is 3.54. The zero-order valence-corrected chi connectivity index (χ0v) is 18.1.